The van der Waals surface area contributed by atoms with E-state index < -0.39 is 0 Å². The second-order valence-corrected chi connectivity index (χ2v) is 5.04. The SMILES string of the molecule is CCN1CCC(NC(C)Cn2ccnc2)CC1. The second kappa shape index (κ2) is 6.17. The van der Waals surface area contributed by atoms with Gasteiger partial charge in [0.25, 0.3) is 0 Å². The smallest absolute Gasteiger partial charge is 0.0946 e. The van der Waals surface area contributed by atoms with Gasteiger partial charge in [-0.3, -0.25) is 0 Å². The molecule has 0 aromatic carbocycles. The predicted molar refractivity (Wildman–Crippen MR) is 70.0 cm³/mol. The Labute approximate surface area is 104 Å². The van der Waals surface area contributed by atoms with Crippen molar-refractivity contribution in [3.05, 3.63) is 18.7 Å². The molecule has 0 bridgehead atoms. The highest BCUT2D eigenvalue weighted by atomic mass is 15.1. The first-order valence-corrected chi connectivity index (χ1v) is 6.72. The Bertz CT molecular complexity index is 301. The van der Waals surface area contributed by atoms with E-state index in [-0.39, 0.29) is 0 Å². The molecule has 1 aliphatic rings. The van der Waals surface area contributed by atoms with Crippen LogP contribution in [0, 0.1) is 0 Å². The summed E-state index contributed by atoms with van der Waals surface area (Å²) >= 11 is 0. The highest BCUT2D eigenvalue weighted by Crippen LogP contribution is 2.10. The summed E-state index contributed by atoms with van der Waals surface area (Å²) in [5.41, 5.74) is 0. The quantitative estimate of drug-likeness (QED) is 0.837. The molecule has 17 heavy (non-hydrogen) atoms. The maximum Gasteiger partial charge on any atom is 0.0946 e. The standard InChI is InChI=1S/C13H24N4/c1-3-16-7-4-13(5-8-16)15-12(2)10-17-9-6-14-11-17/h6,9,11-13,15H,3-5,7-8,10H2,1-2H3. The maximum absolute atomic E-state index is 4.07. The summed E-state index contributed by atoms with van der Waals surface area (Å²) < 4.78 is 2.14. The minimum absolute atomic E-state index is 0.516. The highest BCUT2D eigenvalue weighted by Gasteiger charge is 2.19. The van der Waals surface area contributed by atoms with E-state index in [0.29, 0.717) is 12.1 Å². The van der Waals surface area contributed by atoms with Gasteiger partial charge < -0.3 is 14.8 Å². The first-order chi connectivity index (χ1) is 8.28. The van der Waals surface area contributed by atoms with Gasteiger partial charge >= 0.3 is 0 Å². The summed E-state index contributed by atoms with van der Waals surface area (Å²) in [6, 6.07) is 1.21. The third-order valence-corrected chi connectivity index (χ3v) is 3.60. The van der Waals surface area contributed by atoms with E-state index in [1.54, 1.807) is 0 Å². The van der Waals surface area contributed by atoms with Crippen LogP contribution in [0.3, 0.4) is 0 Å². The van der Waals surface area contributed by atoms with E-state index in [2.05, 4.69) is 33.6 Å². The van der Waals surface area contributed by atoms with Crippen molar-refractivity contribution in [1.82, 2.24) is 19.8 Å². The predicted octanol–water partition coefficient (Wildman–Crippen LogP) is 1.35. The zero-order valence-corrected chi connectivity index (χ0v) is 11.0. The van der Waals surface area contributed by atoms with Crippen molar-refractivity contribution in [2.45, 2.75) is 45.3 Å². The van der Waals surface area contributed by atoms with Crippen LogP contribution in [0.15, 0.2) is 18.7 Å². The van der Waals surface area contributed by atoms with Crippen LogP contribution in [0.5, 0.6) is 0 Å². The molecule has 0 saturated carbocycles. The van der Waals surface area contributed by atoms with Gasteiger partial charge in [-0.15, -0.1) is 0 Å². The molecule has 1 atom stereocenters. The third kappa shape index (κ3) is 3.82. The minimum Gasteiger partial charge on any atom is -0.336 e. The molecule has 1 unspecified atom stereocenters. The van der Waals surface area contributed by atoms with Gasteiger partial charge in [0, 0.05) is 31.0 Å². The van der Waals surface area contributed by atoms with E-state index in [1.165, 1.54) is 32.5 Å². The second-order valence-electron chi connectivity index (χ2n) is 5.04. The van der Waals surface area contributed by atoms with E-state index in [9.17, 15) is 0 Å². The molecule has 2 rings (SSSR count). The van der Waals surface area contributed by atoms with Gasteiger partial charge in [0.15, 0.2) is 0 Å². The number of nitrogens with zero attached hydrogens (tertiary/aromatic N) is 3. The molecule has 0 aliphatic carbocycles. The van der Waals surface area contributed by atoms with Crippen molar-refractivity contribution in [3.8, 4) is 0 Å². The molecule has 0 amide bonds. The number of piperidine rings is 1. The molecule has 1 aliphatic heterocycles. The number of imidazole rings is 1. The normalized spacial score (nSPS) is 20.6. The van der Waals surface area contributed by atoms with Crippen LogP contribution in [0.4, 0.5) is 0 Å². The fourth-order valence-electron chi connectivity index (χ4n) is 2.58. The van der Waals surface area contributed by atoms with E-state index in [1.807, 2.05) is 18.7 Å². The number of rotatable bonds is 5. The van der Waals surface area contributed by atoms with E-state index in [4.69, 9.17) is 0 Å². The molecule has 4 heteroatoms. The van der Waals surface area contributed by atoms with Gasteiger partial charge in [-0.25, -0.2) is 4.98 Å². The van der Waals surface area contributed by atoms with Crippen molar-refractivity contribution < 1.29 is 0 Å². The summed E-state index contributed by atoms with van der Waals surface area (Å²) in [6.45, 7) is 9.19. The number of nitrogens with one attached hydrogen (secondary N) is 1. The Balaban J connectivity index is 1.70. The van der Waals surface area contributed by atoms with Gasteiger partial charge in [0.1, 0.15) is 0 Å². The minimum atomic E-state index is 0.516. The average Bonchev–Trinajstić information content (AvgIpc) is 2.82. The molecule has 1 aromatic heterocycles. The molecule has 4 nitrogen and oxygen atoms in total. The lowest BCUT2D eigenvalue weighted by atomic mass is 10.0. The maximum atomic E-state index is 4.07. The summed E-state index contributed by atoms with van der Waals surface area (Å²) in [5, 5.41) is 3.73. The van der Waals surface area contributed by atoms with Gasteiger partial charge in [-0.05, 0) is 39.4 Å². The molecule has 1 saturated heterocycles. The Morgan fingerprint density at radius 2 is 2.18 bits per heavy atom. The zero-order valence-electron chi connectivity index (χ0n) is 11.0. The van der Waals surface area contributed by atoms with Crippen LogP contribution in [-0.4, -0.2) is 46.2 Å². The number of hydrogen-bond donors (Lipinski definition) is 1. The van der Waals surface area contributed by atoms with Crippen LogP contribution < -0.4 is 5.32 Å². The van der Waals surface area contributed by atoms with Gasteiger partial charge in [0.05, 0.1) is 6.33 Å². The summed E-state index contributed by atoms with van der Waals surface area (Å²) in [5.74, 6) is 0. The van der Waals surface area contributed by atoms with Gasteiger partial charge in [0.2, 0.25) is 0 Å². The first kappa shape index (κ1) is 12.6. The third-order valence-electron chi connectivity index (χ3n) is 3.60. The zero-order chi connectivity index (χ0) is 12.1. The number of likely N-dealkylation sites (tertiary alicyclic amines) is 1. The number of aromatic nitrogens is 2. The van der Waals surface area contributed by atoms with E-state index >= 15 is 0 Å². The fourth-order valence-corrected chi connectivity index (χ4v) is 2.58. The van der Waals surface area contributed by atoms with E-state index in [0.717, 1.165) is 6.54 Å². The largest absolute Gasteiger partial charge is 0.336 e. The summed E-state index contributed by atoms with van der Waals surface area (Å²) in [6.07, 6.45) is 8.31. The fraction of sp³-hybridized carbons (Fsp3) is 0.769. The van der Waals surface area contributed by atoms with Gasteiger partial charge in [-0.2, -0.15) is 0 Å². The van der Waals surface area contributed by atoms with Crippen molar-refractivity contribution in [1.29, 1.82) is 0 Å². The Hall–Kier alpha value is -0.870. The average molecular weight is 236 g/mol. The Morgan fingerprint density at radius 1 is 1.41 bits per heavy atom. The highest BCUT2D eigenvalue weighted by molar-refractivity contribution is 4.81. The molecule has 1 fully saturated rings. The number of hydrogen-bond acceptors (Lipinski definition) is 3. The van der Waals surface area contributed by atoms with Crippen molar-refractivity contribution >= 4 is 0 Å². The lowest BCUT2D eigenvalue weighted by Gasteiger charge is -2.33. The topological polar surface area (TPSA) is 33.1 Å². The molecule has 1 N–H and O–H groups in total. The summed E-state index contributed by atoms with van der Waals surface area (Å²) in [7, 11) is 0. The first-order valence-electron chi connectivity index (χ1n) is 6.72. The van der Waals surface area contributed by atoms with Crippen LogP contribution in [0.1, 0.15) is 26.7 Å². The Kier molecular flexibility index (Phi) is 4.57. The van der Waals surface area contributed by atoms with Crippen molar-refractivity contribution in [3.63, 3.8) is 0 Å². The Morgan fingerprint density at radius 3 is 2.76 bits per heavy atom. The summed E-state index contributed by atoms with van der Waals surface area (Å²) in [4.78, 5) is 6.60. The molecular weight excluding hydrogens is 212 g/mol. The van der Waals surface area contributed by atoms with Crippen LogP contribution in [0.25, 0.3) is 0 Å². The van der Waals surface area contributed by atoms with Crippen molar-refractivity contribution in [2.24, 2.45) is 0 Å². The molecule has 1 aromatic rings. The van der Waals surface area contributed by atoms with Crippen molar-refractivity contribution in [2.75, 3.05) is 19.6 Å². The van der Waals surface area contributed by atoms with Gasteiger partial charge in [-0.1, -0.05) is 6.92 Å². The van der Waals surface area contributed by atoms with Crippen LogP contribution in [-0.2, 0) is 6.54 Å². The van der Waals surface area contributed by atoms with Crippen LogP contribution >= 0.6 is 0 Å². The molecular formula is C13H24N4. The molecule has 96 valence electrons. The molecule has 0 spiro atoms. The molecule has 2 heterocycles. The monoisotopic (exact) mass is 236 g/mol. The van der Waals surface area contributed by atoms with Crippen LogP contribution in [0.2, 0.25) is 0 Å². The molecule has 0 radical (unpaired) electrons. The lowest BCUT2D eigenvalue weighted by molar-refractivity contribution is 0.198. The lowest BCUT2D eigenvalue weighted by Crippen LogP contribution is -2.46.